The van der Waals surface area contributed by atoms with Gasteiger partial charge < -0.3 is 9.63 Å². The molecule has 1 N–H and O–H groups in total. The van der Waals surface area contributed by atoms with E-state index in [0.717, 1.165) is 12.1 Å². The summed E-state index contributed by atoms with van der Waals surface area (Å²) in [5, 5.41) is 19.6. The van der Waals surface area contributed by atoms with E-state index in [9.17, 15) is 8.78 Å². The van der Waals surface area contributed by atoms with E-state index in [-0.39, 0.29) is 49.6 Å². The number of nitrogens with zero attached hydrogens (tertiary/aromatic N) is 4. The van der Waals surface area contributed by atoms with Gasteiger partial charge in [0.05, 0.1) is 12.6 Å². The number of aromatic nitrogens is 2. The van der Waals surface area contributed by atoms with Gasteiger partial charge in [-0.3, -0.25) is 5.01 Å². The largest absolute Gasteiger partial charge is 0.391 e. The molecule has 162 valence electrons. The second kappa shape index (κ2) is 9.31. The fourth-order valence-corrected chi connectivity index (χ4v) is 5.19. The smallest absolute Gasteiger partial charge is 0.274 e. The predicted molar refractivity (Wildman–Crippen MR) is 123 cm³/mol. The van der Waals surface area contributed by atoms with Gasteiger partial charge in [0.15, 0.2) is 0 Å². The molecule has 6 nitrogen and oxygen atoms in total. The van der Waals surface area contributed by atoms with Crippen molar-refractivity contribution in [3.8, 4) is 11.4 Å². The fraction of sp³-hybridized carbons (Fsp3) is 0.273. The van der Waals surface area contributed by atoms with E-state index in [4.69, 9.17) is 9.63 Å². The highest BCUT2D eigenvalue weighted by Gasteiger charge is 2.31. The van der Waals surface area contributed by atoms with Gasteiger partial charge in [0, 0.05) is 27.7 Å². The highest BCUT2D eigenvalue weighted by atomic mass is 127. The van der Waals surface area contributed by atoms with Crippen LogP contribution in [0, 0.1) is 15.2 Å². The number of benzene rings is 2. The number of halogens is 3. The third-order valence-electron chi connectivity index (χ3n) is 5.02. The lowest BCUT2D eigenvalue weighted by Crippen LogP contribution is -2.18. The Labute approximate surface area is 188 Å². The van der Waals surface area contributed by atoms with Gasteiger partial charge in [-0.05, 0) is 43.7 Å². The maximum Gasteiger partial charge on any atom is 0.274 e. The molecule has 0 saturated carbocycles. The number of aliphatic hydroxyl groups is 1. The molecule has 0 amide bonds. The molecule has 2 aromatic carbocycles. The molecule has 1 aliphatic rings. The Morgan fingerprint density at radius 2 is 2.03 bits per heavy atom. The van der Waals surface area contributed by atoms with Crippen LogP contribution in [-0.4, -0.2) is 36.5 Å². The molecule has 9 heteroatoms. The highest BCUT2D eigenvalue weighted by Crippen LogP contribution is 2.33. The Morgan fingerprint density at radius 1 is 1.26 bits per heavy atom. The van der Waals surface area contributed by atoms with Crippen LogP contribution in [0.3, 0.4) is 0 Å². The van der Waals surface area contributed by atoms with Crippen LogP contribution in [-0.2, 0) is 6.61 Å². The number of hydrogen-bond donors (Lipinski definition) is 1. The van der Waals surface area contributed by atoms with Crippen LogP contribution < -0.4 is 0 Å². The van der Waals surface area contributed by atoms with Crippen molar-refractivity contribution in [3.05, 3.63) is 68.6 Å². The number of hydrogen-bond acceptors (Lipinski definition) is 6. The molecule has 1 unspecified atom stereocenters. The van der Waals surface area contributed by atoms with Crippen molar-refractivity contribution >= 4 is 30.5 Å². The van der Waals surface area contributed by atoms with E-state index in [1.54, 1.807) is 0 Å². The molecule has 1 aliphatic heterocycles. The summed E-state index contributed by atoms with van der Waals surface area (Å²) in [5.41, 5.74) is 1.57. The summed E-state index contributed by atoms with van der Waals surface area (Å²) in [6.07, 6.45) is 0.596. The number of aliphatic hydroxyl groups excluding tert-OH is 1. The first kappa shape index (κ1) is 21.7. The van der Waals surface area contributed by atoms with Crippen LogP contribution >= 0.6 is 20.7 Å². The van der Waals surface area contributed by atoms with Crippen molar-refractivity contribution in [3.63, 3.8) is 0 Å². The summed E-state index contributed by atoms with van der Waals surface area (Å²) in [4.78, 5) is 4.31. The summed E-state index contributed by atoms with van der Waals surface area (Å²) < 4.78 is 37.0. The van der Waals surface area contributed by atoms with E-state index in [2.05, 4.69) is 50.4 Å². The first-order chi connectivity index (χ1) is 15.0. The average Bonchev–Trinajstić information content (AvgIpc) is 3.41. The minimum Gasteiger partial charge on any atom is -0.391 e. The van der Waals surface area contributed by atoms with Crippen molar-refractivity contribution in [1.29, 1.82) is 0 Å². The molecule has 2 heterocycles. The van der Waals surface area contributed by atoms with Crippen LogP contribution in [0.1, 0.15) is 43.3 Å². The van der Waals surface area contributed by atoms with Gasteiger partial charge in [-0.15, -0.1) is 0 Å². The molecule has 4 rings (SSSR count). The van der Waals surface area contributed by atoms with Gasteiger partial charge >= 0.3 is 0 Å². The second-order valence-electron chi connectivity index (χ2n) is 6.90. The topological polar surface area (TPSA) is 74.8 Å². The first-order valence-electron chi connectivity index (χ1n) is 9.82. The zero-order valence-electron chi connectivity index (χ0n) is 17.0. The maximum atomic E-state index is 14.0. The maximum absolute atomic E-state index is 14.0. The average molecular weight is 538 g/mol. The minimum absolute atomic E-state index is 0.0647. The van der Waals surface area contributed by atoms with Crippen LogP contribution in [0.25, 0.3) is 11.4 Å². The Kier molecular flexibility index (Phi) is 6.51. The highest BCUT2D eigenvalue weighted by molar-refractivity contribution is 14.2. The molecular formula is C22H21F2IN4O2. The lowest BCUT2D eigenvalue weighted by Gasteiger charge is -2.22. The third-order valence-corrected chi connectivity index (χ3v) is 7.03. The molecule has 0 aliphatic carbocycles. The van der Waals surface area contributed by atoms with E-state index in [1.807, 2.05) is 11.9 Å². The zero-order valence-corrected chi connectivity index (χ0v) is 19.2. The number of rotatable bonds is 6. The first-order valence-corrected chi connectivity index (χ1v) is 12.1. The molecule has 3 aromatic rings. The van der Waals surface area contributed by atoms with Gasteiger partial charge in [0.25, 0.3) is 5.89 Å². The van der Waals surface area contributed by atoms with Gasteiger partial charge in [-0.25, -0.2) is 8.78 Å². The Bertz CT molecular complexity index is 1140. The van der Waals surface area contributed by atoms with Crippen molar-refractivity contribution in [1.82, 2.24) is 15.1 Å². The van der Waals surface area contributed by atoms with Crippen LogP contribution in [0.5, 0.6) is 0 Å². The van der Waals surface area contributed by atoms with Crippen molar-refractivity contribution in [2.75, 3.05) is 6.54 Å². The lowest BCUT2D eigenvalue weighted by molar-refractivity contribution is 0.246. The molecule has 0 radical (unpaired) electrons. The Morgan fingerprint density at radius 3 is 2.71 bits per heavy atom. The molecule has 1 atom stereocenters. The Hall–Kier alpha value is -2.53. The third kappa shape index (κ3) is 4.42. The van der Waals surface area contributed by atoms with Crippen LogP contribution in [0.4, 0.5) is 8.78 Å². The van der Waals surface area contributed by atoms with E-state index >= 15 is 0 Å². The fourth-order valence-electron chi connectivity index (χ4n) is 3.51. The molecule has 31 heavy (non-hydrogen) atoms. The van der Waals surface area contributed by atoms with Gasteiger partial charge in [-0.1, -0.05) is 42.0 Å². The molecule has 0 fully saturated rings. The number of hydrazone groups is 1. The van der Waals surface area contributed by atoms with Crippen molar-refractivity contribution < 1.29 is 18.4 Å². The molecule has 1 aromatic heterocycles. The SMILES string of the molecule is CC=Ic1cccc(C2CC(c3nc(-c4cc(F)c(CO)c(F)c4)no3)=NN2CC)c1. The molecule has 0 bridgehead atoms. The Balaban J connectivity index is 1.60. The normalized spacial score (nSPS) is 16.6. The molecular weight excluding hydrogens is 517 g/mol. The van der Waals surface area contributed by atoms with Crippen LogP contribution in [0.2, 0.25) is 0 Å². The lowest BCUT2D eigenvalue weighted by atomic mass is 10.0. The van der Waals surface area contributed by atoms with E-state index < -0.39 is 18.2 Å². The summed E-state index contributed by atoms with van der Waals surface area (Å²) in [6, 6.07) is 10.8. The van der Waals surface area contributed by atoms with Crippen LogP contribution in [0.15, 0.2) is 46.0 Å². The van der Waals surface area contributed by atoms with E-state index in [0.29, 0.717) is 18.7 Å². The second-order valence-corrected chi connectivity index (χ2v) is 10.0. The van der Waals surface area contributed by atoms with Crippen molar-refractivity contribution in [2.45, 2.75) is 32.9 Å². The summed E-state index contributed by atoms with van der Waals surface area (Å²) in [5.74, 6) is -1.41. The van der Waals surface area contributed by atoms with Gasteiger partial charge in [0.1, 0.15) is 17.3 Å². The van der Waals surface area contributed by atoms with Crippen molar-refractivity contribution in [2.24, 2.45) is 5.10 Å². The van der Waals surface area contributed by atoms with Gasteiger partial charge in [0.2, 0.25) is 5.82 Å². The zero-order chi connectivity index (χ0) is 22.0. The molecule has 0 saturated heterocycles. The summed E-state index contributed by atoms with van der Waals surface area (Å²) in [7, 11) is 0. The summed E-state index contributed by atoms with van der Waals surface area (Å²) >= 11 is -0.109. The monoisotopic (exact) mass is 538 g/mol. The quantitative estimate of drug-likeness (QED) is 0.463. The minimum atomic E-state index is -0.855. The van der Waals surface area contributed by atoms with E-state index in [1.165, 1.54) is 9.13 Å². The summed E-state index contributed by atoms with van der Waals surface area (Å²) in [6.45, 7) is 4.11. The molecule has 0 spiro atoms. The standard InChI is InChI=1S/C22H21F2IN4O2/c1-3-25-15-7-5-6-13(8-15)20-11-19(27-29(20)4-2)22-26-21(28-31-22)14-9-17(23)16(12-30)18(24)10-14/h3,5-10,20,30H,4,11-12H2,1-2H3. The predicted octanol–water partition coefficient (Wildman–Crippen LogP) is 4.64. The van der Waals surface area contributed by atoms with Gasteiger partial charge in [-0.2, -0.15) is 10.1 Å².